The summed E-state index contributed by atoms with van der Waals surface area (Å²) in [6, 6.07) is 8.02. The van der Waals surface area contributed by atoms with Gasteiger partial charge in [-0.05, 0) is 39.7 Å². The lowest BCUT2D eigenvalue weighted by Gasteiger charge is -2.13. The van der Waals surface area contributed by atoms with Crippen molar-refractivity contribution in [3.05, 3.63) is 52.8 Å². The maximum Gasteiger partial charge on any atom is 0.242 e. The molecule has 0 aliphatic heterocycles. The number of pyridine rings is 1. The van der Waals surface area contributed by atoms with Gasteiger partial charge in [-0.2, -0.15) is 0 Å². The minimum absolute atomic E-state index is 0.0291. The summed E-state index contributed by atoms with van der Waals surface area (Å²) < 4.78 is 27.0. The lowest BCUT2D eigenvalue weighted by Crippen LogP contribution is -2.28. The van der Waals surface area contributed by atoms with Crippen molar-refractivity contribution in [1.29, 1.82) is 0 Å². The molecule has 0 fully saturated rings. The standard InChI is InChI=1S/C13H14BrN3O3S/c14-10-5-12(7-16-6-10)21(19,20)17-8-13(18)9-1-3-11(15)4-2-9/h1-7,13,17-18H,8,15H2. The van der Waals surface area contributed by atoms with Crippen molar-refractivity contribution in [2.75, 3.05) is 12.3 Å². The van der Waals surface area contributed by atoms with E-state index in [2.05, 4.69) is 25.6 Å². The zero-order chi connectivity index (χ0) is 15.5. The molecule has 1 unspecified atom stereocenters. The number of nitrogens with two attached hydrogens (primary N) is 1. The highest BCUT2D eigenvalue weighted by molar-refractivity contribution is 9.10. The lowest BCUT2D eigenvalue weighted by molar-refractivity contribution is 0.182. The van der Waals surface area contributed by atoms with Gasteiger partial charge in [0.2, 0.25) is 10.0 Å². The van der Waals surface area contributed by atoms with Crippen LogP contribution in [0.15, 0.2) is 52.1 Å². The van der Waals surface area contributed by atoms with Crippen molar-refractivity contribution in [2.45, 2.75) is 11.0 Å². The van der Waals surface area contributed by atoms with Crippen LogP contribution in [0.2, 0.25) is 0 Å². The molecule has 1 heterocycles. The zero-order valence-corrected chi connectivity index (χ0v) is 13.3. The van der Waals surface area contributed by atoms with E-state index in [1.54, 1.807) is 24.3 Å². The number of nitrogens with one attached hydrogen (secondary N) is 1. The number of hydrogen-bond acceptors (Lipinski definition) is 5. The summed E-state index contributed by atoms with van der Waals surface area (Å²) in [4.78, 5) is 3.83. The minimum Gasteiger partial charge on any atom is -0.399 e. The number of anilines is 1. The van der Waals surface area contributed by atoms with Crippen LogP contribution in [0.4, 0.5) is 5.69 Å². The third kappa shape index (κ3) is 4.24. The van der Waals surface area contributed by atoms with Crippen molar-refractivity contribution >= 4 is 31.6 Å². The van der Waals surface area contributed by atoms with E-state index >= 15 is 0 Å². The Bertz CT molecular complexity index is 720. The monoisotopic (exact) mass is 371 g/mol. The summed E-state index contributed by atoms with van der Waals surface area (Å²) >= 11 is 3.16. The highest BCUT2D eigenvalue weighted by atomic mass is 79.9. The maximum absolute atomic E-state index is 12.1. The van der Waals surface area contributed by atoms with Crippen LogP contribution in [0, 0.1) is 0 Å². The third-order valence-electron chi connectivity index (χ3n) is 2.78. The SMILES string of the molecule is Nc1ccc(C(O)CNS(=O)(=O)c2cncc(Br)c2)cc1. The van der Waals surface area contributed by atoms with E-state index in [1.165, 1.54) is 18.5 Å². The molecular formula is C13H14BrN3O3S. The summed E-state index contributed by atoms with van der Waals surface area (Å²) in [7, 11) is -3.72. The van der Waals surface area contributed by atoms with Crippen molar-refractivity contribution in [3.8, 4) is 0 Å². The molecule has 2 rings (SSSR count). The van der Waals surface area contributed by atoms with Gasteiger partial charge >= 0.3 is 0 Å². The third-order valence-corrected chi connectivity index (χ3v) is 4.60. The molecule has 0 amide bonds. The molecular weight excluding hydrogens is 358 g/mol. The van der Waals surface area contributed by atoms with Crippen LogP contribution in [0.25, 0.3) is 0 Å². The first-order chi connectivity index (χ1) is 9.88. The van der Waals surface area contributed by atoms with Gasteiger partial charge in [0.1, 0.15) is 4.90 Å². The average Bonchev–Trinajstić information content (AvgIpc) is 2.45. The van der Waals surface area contributed by atoms with E-state index in [9.17, 15) is 13.5 Å². The van der Waals surface area contributed by atoms with Crippen molar-refractivity contribution < 1.29 is 13.5 Å². The fraction of sp³-hybridized carbons (Fsp3) is 0.154. The predicted octanol–water partition coefficient (Wildman–Crippen LogP) is 1.44. The van der Waals surface area contributed by atoms with Crippen LogP contribution in [0.5, 0.6) is 0 Å². The van der Waals surface area contributed by atoms with Gasteiger partial charge in [0.25, 0.3) is 0 Å². The molecule has 112 valence electrons. The number of benzene rings is 1. The van der Waals surface area contributed by atoms with Gasteiger partial charge in [0, 0.05) is 29.1 Å². The minimum atomic E-state index is -3.72. The number of rotatable bonds is 5. The molecule has 1 aromatic heterocycles. The first-order valence-corrected chi connectivity index (χ1v) is 8.30. The number of aliphatic hydroxyl groups excluding tert-OH is 1. The van der Waals surface area contributed by atoms with Crippen LogP contribution in [0.3, 0.4) is 0 Å². The van der Waals surface area contributed by atoms with Gasteiger partial charge in [-0.3, -0.25) is 4.98 Å². The average molecular weight is 372 g/mol. The molecule has 0 saturated heterocycles. The fourth-order valence-electron chi connectivity index (χ4n) is 1.65. The second-order valence-electron chi connectivity index (χ2n) is 4.37. The molecule has 21 heavy (non-hydrogen) atoms. The van der Waals surface area contributed by atoms with Gasteiger partial charge in [0.05, 0.1) is 6.10 Å². The molecule has 6 nitrogen and oxygen atoms in total. The number of hydrogen-bond donors (Lipinski definition) is 3. The Hall–Kier alpha value is -1.48. The quantitative estimate of drug-likeness (QED) is 0.689. The Morgan fingerprint density at radius 1 is 1.29 bits per heavy atom. The van der Waals surface area contributed by atoms with E-state index in [0.717, 1.165) is 0 Å². The molecule has 1 aromatic carbocycles. The van der Waals surface area contributed by atoms with Gasteiger partial charge < -0.3 is 10.8 Å². The summed E-state index contributed by atoms with van der Waals surface area (Å²) in [5.74, 6) is 0. The van der Waals surface area contributed by atoms with Crippen LogP contribution < -0.4 is 10.5 Å². The second kappa shape index (κ2) is 6.52. The van der Waals surface area contributed by atoms with Crippen molar-refractivity contribution in [1.82, 2.24) is 9.71 Å². The van der Waals surface area contributed by atoms with Crippen molar-refractivity contribution in [2.24, 2.45) is 0 Å². The Labute approximate surface area is 131 Å². The van der Waals surface area contributed by atoms with Gasteiger partial charge in [-0.25, -0.2) is 13.1 Å². The highest BCUT2D eigenvalue weighted by Gasteiger charge is 2.17. The summed E-state index contributed by atoms with van der Waals surface area (Å²) in [6.45, 7) is -0.140. The normalized spacial score (nSPS) is 13.0. The second-order valence-corrected chi connectivity index (χ2v) is 7.06. The zero-order valence-electron chi connectivity index (χ0n) is 10.9. The van der Waals surface area contributed by atoms with E-state index in [1.807, 2.05) is 0 Å². The molecule has 0 bridgehead atoms. The first-order valence-electron chi connectivity index (χ1n) is 6.02. The number of nitrogens with zero attached hydrogens (tertiary/aromatic N) is 1. The molecule has 0 saturated carbocycles. The number of aromatic nitrogens is 1. The van der Waals surface area contributed by atoms with Gasteiger partial charge in [0.15, 0.2) is 0 Å². The van der Waals surface area contributed by atoms with Crippen LogP contribution >= 0.6 is 15.9 Å². The Morgan fingerprint density at radius 3 is 2.57 bits per heavy atom. The van der Waals surface area contributed by atoms with E-state index in [0.29, 0.717) is 15.7 Å². The maximum atomic E-state index is 12.1. The lowest BCUT2D eigenvalue weighted by atomic mass is 10.1. The largest absolute Gasteiger partial charge is 0.399 e. The molecule has 0 aliphatic carbocycles. The van der Waals surface area contributed by atoms with E-state index in [-0.39, 0.29) is 11.4 Å². The molecule has 0 aliphatic rings. The molecule has 1 atom stereocenters. The topological polar surface area (TPSA) is 105 Å². The molecule has 8 heteroatoms. The van der Waals surface area contributed by atoms with Crippen LogP contribution in [-0.4, -0.2) is 25.1 Å². The fourth-order valence-corrected chi connectivity index (χ4v) is 3.19. The summed E-state index contributed by atoms with van der Waals surface area (Å²) in [5, 5.41) is 9.98. The molecule has 0 radical (unpaired) electrons. The number of aliphatic hydroxyl groups is 1. The molecule has 4 N–H and O–H groups in total. The Morgan fingerprint density at radius 2 is 1.95 bits per heavy atom. The summed E-state index contributed by atoms with van der Waals surface area (Å²) in [6.07, 6.45) is 1.77. The smallest absolute Gasteiger partial charge is 0.242 e. The first kappa shape index (κ1) is 15.9. The number of sulfonamides is 1. The van der Waals surface area contributed by atoms with Crippen LogP contribution in [0.1, 0.15) is 11.7 Å². The van der Waals surface area contributed by atoms with Gasteiger partial charge in [-0.15, -0.1) is 0 Å². The van der Waals surface area contributed by atoms with Gasteiger partial charge in [-0.1, -0.05) is 12.1 Å². The van der Waals surface area contributed by atoms with Crippen LogP contribution in [-0.2, 0) is 10.0 Å². The van der Waals surface area contributed by atoms with E-state index in [4.69, 9.17) is 5.73 Å². The predicted molar refractivity (Wildman–Crippen MR) is 82.9 cm³/mol. The highest BCUT2D eigenvalue weighted by Crippen LogP contribution is 2.17. The number of halogens is 1. The van der Waals surface area contributed by atoms with Crippen molar-refractivity contribution in [3.63, 3.8) is 0 Å². The summed E-state index contributed by atoms with van der Waals surface area (Å²) in [5.41, 5.74) is 6.71. The molecule has 2 aromatic rings. The number of nitrogen functional groups attached to an aromatic ring is 1. The Kier molecular flexibility index (Phi) is 4.94. The Balaban J connectivity index is 2.06. The molecule has 0 spiro atoms. The van der Waals surface area contributed by atoms with E-state index < -0.39 is 16.1 Å².